The van der Waals surface area contributed by atoms with Gasteiger partial charge in [0.05, 0.1) is 5.92 Å². The van der Waals surface area contributed by atoms with E-state index in [0.717, 1.165) is 32.7 Å². The Hall–Kier alpha value is -0.320. The monoisotopic (exact) mass is 233 g/mol. The van der Waals surface area contributed by atoms with E-state index < -0.39 is 0 Å². The van der Waals surface area contributed by atoms with Crippen molar-refractivity contribution in [3.63, 3.8) is 0 Å². The van der Waals surface area contributed by atoms with Crippen LogP contribution in [0.25, 0.3) is 0 Å². The molecule has 0 bridgehead atoms. The Labute approximate surface area is 97.0 Å². The van der Waals surface area contributed by atoms with Gasteiger partial charge in [-0.25, -0.2) is 0 Å². The summed E-state index contributed by atoms with van der Waals surface area (Å²) >= 11 is 0. The van der Waals surface area contributed by atoms with Crippen LogP contribution in [0.2, 0.25) is 0 Å². The SMILES string of the molecule is C[C@@H]1CNC[C@H]1C(=O)NCC1CNC1.Cl. The molecule has 0 saturated carbocycles. The first-order chi connectivity index (χ1) is 6.77. The zero-order valence-electron chi connectivity index (χ0n) is 9.08. The maximum Gasteiger partial charge on any atom is 0.224 e. The second-order valence-electron chi connectivity index (χ2n) is 4.51. The minimum Gasteiger partial charge on any atom is -0.355 e. The summed E-state index contributed by atoms with van der Waals surface area (Å²) in [6.45, 7) is 6.90. The van der Waals surface area contributed by atoms with E-state index in [9.17, 15) is 4.79 Å². The lowest BCUT2D eigenvalue weighted by atomic mass is 9.96. The number of hydrogen-bond acceptors (Lipinski definition) is 3. The molecule has 3 N–H and O–H groups in total. The molecular weight excluding hydrogens is 214 g/mol. The van der Waals surface area contributed by atoms with Gasteiger partial charge in [-0.2, -0.15) is 0 Å². The lowest BCUT2D eigenvalue weighted by molar-refractivity contribution is -0.125. The number of nitrogens with one attached hydrogen (secondary N) is 3. The Morgan fingerprint density at radius 3 is 2.40 bits per heavy atom. The van der Waals surface area contributed by atoms with E-state index in [0.29, 0.717) is 11.8 Å². The van der Waals surface area contributed by atoms with Gasteiger partial charge in [0.25, 0.3) is 0 Å². The normalized spacial score (nSPS) is 30.5. The fourth-order valence-electron chi connectivity index (χ4n) is 2.03. The average Bonchev–Trinajstić information content (AvgIpc) is 2.48. The molecule has 0 aromatic heterocycles. The molecule has 5 heteroatoms. The van der Waals surface area contributed by atoms with Crippen molar-refractivity contribution in [2.75, 3.05) is 32.7 Å². The third-order valence-corrected chi connectivity index (χ3v) is 3.29. The fourth-order valence-corrected chi connectivity index (χ4v) is 2.03. The molecule has 0 spiro atoms. The van der Waals surface area contributed by atoms with E-state index in [2.05, 4.69) is 22.9 Å². The van der Waals surface area contributed by atoms with E-state index in [4.69, 9.17) is 0 Å². The second kappa shape index (κ2) is 5.68. The van der Waals surface area contributed by atoms with Crippen LogP contribution in [0, 0.1) is 17.8 Å². The minimum absolute atomic E-state index is 0. The highest BCUT2D eigenvalue weighted by atomic mass is 35.5. The Balaban J connectivity index is 0.00000112. The minimum atomic E-state index is 0. The van der Waals surface area contributed by atoms with Crippen LogP contribution in [0.1, 0.15) is 6.92 Å². The first-order valence-electron chi connectivity index (χ1n) is 5.46. The van der Waals surface area contributed by atoms with Crippen molar-refractivity contribution in [2.24, 2.45) is 17.8 Å². The Kier molecular flexibility index (Phi) is 4.83. The summed E-state index contributed by atoms with van der Waals surface area (Å²) in [5, 5.41) is 9.48. The summed E-state index contributed by atoms with van der Waals surface area (Å²) in [4.78, 5) is 11.7. The molecular formula is C10H20ClN3O. The van der Waals surface area contributed by atoms with Crippen molar-refractivity contribution >= 4 is 18.3 Å². The predicted octanol–water partition coefficient (Wildman–Crippen LogP) is -0.401. The number of amides is 1. The van der Waals surface area contributed by atoms with Crippen LogP contribution < -0.4 is 16.0 Å². The second-order valence-corrected chi connectivity index (χ2v) is 4.51. The van der Waals surface area contributed by atoms with E-state index in [-0.39, 0.29) is 24.2 Å². The van der Waals surface area contributed by atoms with Gasteiger partial charge >= 0.3 is 0 Å². The maximum absolute atomic E-state index is 11.7. The number of carbonyl (C=O) groups excluding carboxylic acids is 1. The van der Waals surface area contributed by atoms with Crippen molar-refractivity contribution in [2.45, 2.75) is 6.92 Å². The topological polar surface area (TPSA) is 53.2 Å². The third-order valence-electron chi connectivity index (χ3n) is 3.29. The van der Waals surface area contributed by atoms with Gasteiger partial charge < -0.3 is 16.0 Å². The molecule has 88 valence electrons. The summed E-state index contributed by atoms with van der Waals surface area (Å²) in [6, 6.07) is 0. The molecule has 0 radical (unpaired) electrons. The first-order valence-corrected chi connectivity index (χ1v) is 5.46. The molecule has 1 amide bonds. The molecule has 2 heterocycles. The highest BCUT2D eigenvalue weighted by molar-refractivity contribution is 5.85. The zero-order valence-corrected chi connectivity index (χ0v) is 9.90. The molecule has 2 saturated heterocycles. The Morgan fingerprint density at radius 2 is 1.93 bits per heavy atom. The number of rotatable bonds is 3. The molecule has 2 aliphatic heterocycles. The summed E-state index contributed by atoms with van der Waals surface area (Å²) in [5.74, 6) is 1.55. The lowest BCUT2D eigenvalue weighted by Gasteiger charge is -2.27. The molecule has 2 atom stereocenters. The van der Waals surface area contributed by atoms with Crippen LogP contribution >= 0.6 is 12.4 Å². The van der Waals surface area contributed by atoms with E-state index in [1.807, 2.05) is 0 Å². The van der Waals surface area contributed by atoms with Crippen molar-refractivity contribution < 1.29 is 4.79 Å². The van der Waals surface area contributed by atoms with Crippen LogP contribution in [0.5, 0.6) is 0 Å². The standard InChI is InChI=1S/C10H19N3O.ClH/c1-7-2-11-6-9(7)10(14)13-5-8-3-12-4-8;/h7-9,11-12H,2-6H2,1H3,(H,13,14);1H/t7-,9-;/m1./s1. The van der Waals surface area contributed by atoms with Gasteiger partial charge in [-0.05, 0) is 12.5 Å². The van der Waals surface area contributed by atoms with Crippen molar-refractivity contribution in [3.05, 3.63) is 0 Å². The summed E-state index contributed by atoms with van der Waals surface area (Å²) in [5.41, 5.74) is 0. The molecule has 15 heavy (non-hydrogen) atoms. The van der Waals surface area contributed by atoms with Crippen LogP contribution in [-0.4, -0.2) is 38.6 Å². The third kappa shape index (κ3) is 3.06. The maximum atomic E-state index is 11.7. The number of hydrogen-bond donors (Lipinski definition) is 3. The van der Waals surface area contributed by atoms with E-state index in [1.165, 1.54) is 0 Å². The lowest BCUT2D eigenvalue weighted by Crippen LogP contribution is -2.49. The molecule has 0 unspecified atom stereocenters. The number of carbonyl (C=O) groups is 1. The van der Waals surface area contributed by atoms with Gasteiger partial charge in [0.1, 0.15) is 0 Å². The van der Waals surface area contributed by atoms with Crippen LogP contribution in [0.3, 0.4) is 0 Å². The van der Waals surface area contributed by atoms with Crippen LogP contribution in [0.4, 0.5) is 0 Å². The van der Waals surface area contributed by atoms with Gasteiger partial charge in [-0.1, -0.05) is 6.92 Å². The van der Waals surface area contributed by atoms with Crippen molar-refractivity contribution in [1.29, 1.82) is 0 Å². The molecule has 2 rings (SSSR count). The molecule has 0 aliphatic carbocycles. The summed E-state index contributed by atoms with van der Waals surface area (Å²) in [7, 11) is 0. The van der Waals surface area contributed by atoms with E-state index >= 15 is 0 Å². The van der Waals surface area contributed by atoms with Crippen molar-refractivity contribution in [1.82, 2.24) is 16.0 Å². The molecule has 0 aromatic rings. The molecule has 2 aliphatic rings. The summed E-state index contributed by atoms with van der Waals surface area (Å²) in [6.07, 6.45) is 0. The van der Waals surface area contributed by atoms with Crippen LogP contribution in [-0.2, 0) is 4.79 Å². The van der Waals surface area contributed by atoms with Gasteiger partial charge in [0.15, 0.2) is 0 Å². The smallest absolute Gasteiger partial charge is 0.224 e. The van der Waals surface area contributed by atoms with Crippen LogP contribution in [0.15, 0.2) is 0 Å². The molecule has 2 fully saturated rings. The quantitative estimate of drug-likeness (QED) is 0.622. The van der Waals surface area contributed by atoms with Gasteiger partial charge in [0, 0.05) is 32.1 Å². The largest absolute Gasteiger partial charge is 0.355 e. The summed E-state index contributed by atoms with van der Waals surface area (Å²) < 4.78 is 0. The molecule has 0 aromatic carbocycles. The highest BCUT2D eigenvalue weighted by Gasteiger charge is 2.29. The molecule has 4 nitrogen and oxygen atoms in total. The Bertz CT molecular complexity index is 221. The predicted molar refractivity (Wildman–Crippen MR) is 62.1 cm³/mol. The number of halogens is 1. The van der Waals surface area contributed by atoms with Gasteiger partial charge in [-0.3, -0.25) is 4.79 Å². The zero-order chi connectivity index (χ0) is 9.97. The fraction of sp³-hybridized carbons (Fsp3) is 0.900. The van der Waals surface area contributed by atoms with Gasteiger partial charge in [-0.15, -0.1) is 12.4 Å². The van der Waals surface area contributed by atoms with Crippen molar-refractivity contribution in [3.8, 4) is 0 Å². The van der Waals surface area contributed by atoms with E-state index in [1.54, 1.807) is 0 Å². The Morgan fingerprint density at radius 1 is 1.27 bits per heavy atom. The van der Waals surface area contributed by atoms with Gasteiger partial charge in [0.2, 0.25) is 5.91 Å². The average molecular weight is 234 g/mol. The highest BCUT2D eigenvalue weighted by Crippen LogP contribution is 2.15. The first kappa shape index (κ1) is 12.7.